The summed E-state index contributed by atoms with van der Waals surface area (Å²) < 4.78 is 1.64. The molecule has 0 bridgehead atoms. The number of hydrogen-bond acceptors (Lipinski definition) is 4. The highest BCUT2D eigenvalue weighted by molar-refractivity contribution is 6.30. The Morgan fingerprint density at radius 1 is 1.30 bits per heavy atom. The van der Waals surface area contributed by atoms with Crippen LogP contribution in [0.2, 0.25) is 5.02 Å². The van der Waals surface area contributed by atoms with E-state index < -0.39 is 0 Å². The highest BCUT2D eigenvalue weighted by atomic mass is 35.5. The van der Waals surface area contributed by atoms with Crippen LogP contribution in [0.1, 0.15) is 29.3 Å². The second kappa shape index (κ2) is 6.68. The average molecular weight is 335 g/mol. The van der Waals surface area contributed by atoms with Crippen LogP contribution >= 0.6 is 11.6 Å². The third-order valence-electron chi connectivity index (χ3n) is 4.19. The zero-order chi connectivity index (χ0) is 16.4. The van der Waals surface area contributed by atoms with E-state index in [0.29, 0.717) is 29.9 Å². The summed E-state index contributed by atoms with van der Waals surface area (Å²) in [7, 11) is 0. The van der Waals surface area contributed by atoms with Crippen molar-refractivity contribution in [3.8, 4) is 5.69 Å². The smallest absolute Gasteiger partial charge is 0.293 e. The third-order valence-corrected chi connectivity index (χ3v) is 4.44. The maximum atomic E-state index is 12.5. The minimum atomic E-state index is -0.155. The van der Waals surface area contributed by atoms with Gasteiger partial charge in [0.25, 0.3) is 5.91 Å². The van der Waals surface area contributed by atoms with Crippen LogP contribution in [0.15, 0.2) is 24.3 Å². The second-order valence-corrected chi connectivity index (χ2v) is 6.23. The lowest BCUT2D eigenvalue weighted by atomic mass is 9.98. The molecule has 1 fully saturated rings. The number of rotatable bonds is 3. The number of carbonyl (C=O) groups excluding carboxylic acids is 1. The van der Waals surface area contributed by atoms with Crippen LogP contribution < -0.4 is 0 Å². The molecule has 0 atom stereocenters. The summed E-state index contributed by atoms with van der Waals surface area (Å²) in [6.07, 6.45) is 1.64. The van der Waals surface area contributed by atoms with E-state index in [9.17, 15) is 9.90 Å². The van der Waals surface area contributed by atoms with Gasteiger partial charge < -0.3 is 10.0 Å². The van der Waals surface area contributed by atoms with Crippen LogP contribution in [0.3, 0.4) is 0 Å². The quantitative estimate of drug-likeness (QED) is 0.932. The molecule has 1 aliphatic rings. The fraction of sp³-hybridized carbons (Fsp3) is 0.438. The summed E-state index contributed by atoms with van der Waals surface area (Å²) in [6, 6.07) is 7.23. The summed E-state index contributed by atoms with van der Waals surface area (Å²) in [5, 5.41) is 14.2. The number of aromatic nitrogens is 3. The lowest BCUT2D eigenvalue weighted by molar-refractivity contribution is 0.0639. The topological polar surface area (TPSA) is 71.2 Å². The fourth-order valence-corrected chi connectivity index (χ4v) is 2.89. The SMILES string of the molecule is Cc1nc(C(=O)N2CCC(CO)CC2)nn1-c1ccc(Cl)cc1. The number of aliphatic hydroxyl groups is 1. The summed E-state index contributed by atoms with van der Waals surface area (Å²) in [6.45, 7) is 3.28. The number of nitrogens with zero attached hydrogens (tertiary/aromatic N) is 4. The van der Waals surface area contributed by atoms with Crippen molar-refractivity contribution in [1.82, 2.24) is 19.7 Å². The number of carbonyl (C=O) groups is 1. The molecule has 2 heterocycles. The van der Waals surface area contributed by atoms with Gasteiger partial charge in [0, 0.05) is 24.7 Å². The predicted octanol–water partition coefficient (Wildman–Crippen LogP) is 2.07. The molecule has 23 heavy (non-hydrogen) atoms. The summed E-state index contributed by atoms with van der Waals surface area (Å²) in [5.74, 6) is 0.999. The normalized spacial score (nSPS) is 15.9. The van der Waals surface area contributed by atoms with Gasteiger partial charge >= 0.3 is 0 Å². The van der Waals surface area contributed by atoms with Gasteiger partial charge in [-0.05, 0) is 49.9 Å². The van der Waals surface area contributed by atoms with Gasteiger partial charge in [-0.15, -0.1) is 5.10 Å². The molecule has 1 aliphatic heterocycles. The zero-order valence-corrected chi connectivity index (χ0v) is 13.7. The van der Waals surface area contributed by atoms with Crippen LogP contribution in [0.5, 0.6) is 0 Å². The lowest BCUT2D eigenvalue weighted by Crippen LogP contribution is -2.39. The number of likely N-dealkylation sites (tertiary alicyclic amines) is 1. The summed E-state index contributed by atoms with van der Waals surface area (Å²) in [4.78, 5) is 18.6. The lowest BCUT2D eigenvalue weighted by Gasteiger charge is -2.30. The Balaban J connectivity index is 1.78. The highest BCUT2D eigenvalue weighted by Crippen LogP contribution is 2.19. The van der Waals surface area contributed by atoms with E-state index in [0.717, 1.165) is 18.5 Å². The van der Waals surface area contributed by atoms with Gasteiger partial charge in [0.2, 0.25) is 5.82 Å². The molecule has 1 aromatic carbocycles. The molecule has 7 heteroatoms. The minimum Gasteiger partial charge on any atom is -0.396 e. The van der Waals surface area contributed by atoms with E-state index in [1.165, 1.54) is 0 Å². The molecule has 3 rings (SSSR count). The van der Waals surface area contributed by atoms with Crippen molar-refractivity contribution in [3.05, 3.63) is 40.9 Å². The largest absolute Gasteiger partial charge is 0.396 e. The Bertz CT molecular complexity index is 691. The van der Waals surface area contributed by atoms with Crippen molar-refractivity contribution in [2.24, 2.45) is 5.92 Å². The number of benzene rings is 1. The Labute approximate surface area is 139 Å². The molecule has 0 saturated carbocycles. The standard InChI is InChI=1S/C16H19ClN4O2/c1-11-18-15(16(23)20-8-6-12(10-22)7-9-20)19-21(11)14-4-2-13(17)3-5-14/h2-5,12,22H,6-10H2,1H3. The van der Waals surface area contributed by atoms with Gasteiger partial charge in [-0.1, -0.05) is 11.6 Å². The molecule has 122 valence electrons. The van der Waals surface area contributed by atoms with E-state index in [4.69, 9.17) is 11.6 Å². The number of hydrogen-bond donors (Lipinski definition) is 1. The van der Waals surface area contributed by atoms with Gasteiger partial charge in [0.05, 0.1) is 5.69 Å². The molecule has 0 spiro atoms. The van der Waals surface area contributed by atoms with E-state index in [2.05, 4.69) is 10.1 Å². The minimum absolute atomic E-state index is 0.155. The van der Waals surface area contributed by atoms with Crippen molar-refractivity contribution >= 4 is 17.5 Å². The number of piperidine rings is 1. The highest BCUT2D eigenvalue weighted by Gasteiger charge is 2.26. The molecular formula is C16H19ClN4O2. The molecule has 1 aromatic heterocycles. The van der Waals surface area contributed by atoms with E-state index in [-0.39, 0.29) is 18.3 Å². The van der Waals surface area contributed by atoms with Crippen molar-refractivity contribution in [1.29, 1.82) is 0 Å². The maximum Gasteiger partial charge on any atom is 0.293 e. The monoisotopic (exact) mass is 334 g/mol. The zero-order valence-electron chi connectivity index (χ0n) is 12.9. The van der Waals surface area contributed by atoms with Crippen LogP contribution in [0.4, 0.5) is 0 Å². The van der Waals surface area contributed by atoms with Crippen LogP contribution in [0, 0.1) is 12.8 Å². The summed E-state index contributed by atoms with van der Waals surface area (Å²) >= 11 is 5.90. The van der Waals surface area contributed by atoms with Crippen LogP contribution in [-0.4, -0.2) is 50.4 Å². The second-order valence-electron chi connectivity index (χ2n) is 5.79. The number of aryl methyl sites for hydroxylation is 1. The first-order chi connectivity index (χ1) is 11.1. The molecular weight excluding hydrogens is 316 g/mol. The molecule has 0 radical (unpaired) electrons. The average Bonchev–Trinajstić information content (AvgIpc) is 2.97. The van der Waals surface area contributed by atoms with Gasteiger partial charge in [-0.3, -0.25) is 4.79 Å². The molecule has 0 unspecified atom stereocenters. The van der Waals surface area contributed by atoms with Gasteiger partial charge in [-0.25, -0.2) is 9.67 Å². The van der Waals surface area contributed by atoms with Gasteiger partial charge in [-0.2, -0.15) is 0 Å². The first-order valence-electron chi connectivity index (χ1n) is 7.68. The van der Waals surface area contributed by atoms with Crippen molar-refractivity contribution in [2.45, 2.75) is 19.8 Å². The van der Waals surface area contributed by atoms with Crippen molar-refractivity contribution in [2.75, 3.05) is 19.7 Å². The molecule has 1 saturated heterocycles. The number of amides is 1. The first-order valence-corrected chi connectivity index (χ1v) is 8.06. The van der Waals surface area contributed by atoms with E-state index in [1.807, 2.05) is 19.1 Å². The maximum absolute atomic E-state index is 12.5. The Morgan fingerprint density at radius 3 is 2.57 bits per heavy atom. The molecule has 1 amide bonds. The predicted molar refractivity (Wildman–Crippen MR) is 86.8 cm³/mol. The van der Waals surface area contributed by atoms with E-state index in [1.54, 1.807) is 21.7 Å². The van der Waals surface area contributed by atoms with Crippen molar-refractivity contribution < 1.29 is 9.90 Å². The van der Waals surface area contributed by atoms with E-state index >= 15 is 0 Å². The first kappa shape index (κ1) is 16.0. The Kier molecular flexibility index (Phi) is 4.63. The number of aliphatic hydroxyl groups excluding tert-OH is 1. The van der Waals surface area contributed by atoms with Gasteiger partial charge in [0.1, 0.15) is 5.82 Å². The molecule has 6 nitrogen and oxygen atoms in total. The van der Waals surface area contributed by atoms with Crippen LogP contribution in [0.25, 0.3) is 5.69 Å². The Morgan fingerprint density at radius 2 is 1.96 bits per heavy atom. The Hall–Kier alpha value is -1.92. The number of halogens is 1. The third kappa shape index (κ3) is 3.38. The molecule has 0 aliphatic carbocycles. The fourth-order valence-electron chi connectivity index (χ4n) is 2.77. The molecule has 2 aromatic rings. The van der Waals surface area contributed by atoms with Gasteiger partial charge in [0.15, 0.2) is 0 Å². The molecule has 1 N–H and O–H groups in total. The summed E-state index contributed by atoms with van der Waals surface area (Å²) in [5.41, 5.74) is 0.817. The van der Waals surface area contributed by atoms with Crippen LogP contribution in [-0.2, 0) is 0 Å². The van der Waals surface area contributed by atoms with Crippen molar-refractivity contribution in [3.63, 3.8) is 0 Å².